The van der Waals surface area contributed by atoms with Gasteiger partial charge in [0.2, 0.25) is 5.91 Å². The van der Waals surface area contributed by atoms with Crippen LogP contribution in [-0.4, -0.2) is 35.7 Å². The van der Waals surface area contributed by atoms with Crippen molar-refractivity contribution >= 4 is 23.6 Å². The van der Waals surface area contributed by atoms with Crippen molar-refractivity contribution < 1.29 is 23.5 Å². The van der Waals surface area contributed by atoms with E-state index in [9.17, 15) is 9.59 Å². The number of Topliss-reactive ketones (excluding diaryl/α,β-unsaturated/α-hetero) is 1. The highest BCUT2D eigenvalue weighted by Crippen LogP contribution is 2.31. The Morgan fingerprint density at radius 1 is 1.17 bits per heavy atom. The minimum atomic E-state index is -0.336. The van der Waals surface area contributed by atoms with Gasteiger partial charge in [0.25, 0.3) is 0 Å². The summed E-state index contributed by atoms with van der Waals surface area (Å²) in [6, 6.07) is 10.4. The maximum atomic E-state index is 12.2. The molecule has 2 heterocycles. The summed E-state index contributed by atoms with van der Waals surface area (Å²) in [4.78, 5) is 23.5. The maximum Gasteiger partial charge on any atom is 0.249 e. The van der Waals surface area contributed by atoms with Crippen LogP contribution in [0.4, 0.5) is 5.82 Å². The molecule has 0 saturated heterocycles. The molecule has 0 bridgehead atoms. The zero-order chi connectivity index (χ0) is 20.8. The molecule has 150 valence electrons. The van der Waals surface area contributed by atoms with Crippen LogP contribution in [0.3, 0.4) is 0 Å². The first-order valence-corrected chi connectivity index (χ1v) is 8.83. The number of anilines is 1. The van der Waals surface area contributed by atoms with Crippen molar-refractivity contribution in [1.29, 1.82) is 0 Å². The molecule has 1 amide bonds. The summed E-state index contributed by atoms with van der Waals surface area (Å²) in [6.45, 7) is 1.79. The van der Waals surface area contributed by atoms with Crippen LogP contribution in [0.1, 0.15) is 28.8 Å². The zero-order valence-corrected chi connectivity index (χ0v) is 16.3. The number of nitrogens with zero attached hydrogens (tertiary/aromatic N) is 2. The van der Waals surface area contributed by atoms with Gasteiger partial charge in [-0.2, -0.15) is 5.10 Å². The number of nitrogens with one attached hydrogen (secondary N) is 1. The van der Waals surface area contributed by atoms with Gasteiger partial charge >= 0.3 is 0 Å². The van der Waals surface area contributed by atoms with E-state index in [1.54, 1.807) is 55.4 Å². The first-order chi connectivity index (χ1) is 14.0. The van der Waals surface area contributed by atoms with Crippen LogP contribution in [0.2, 0.25) is 0 Å². The second-order valence-corrected chi connectivity index (χ2v) is 6.13. The van der Waals surface area contributed by atoms with E-state index < -0.39 is 0 Å². The van der Waals surface area contributed by atoms with Crippen molar-refractivity contribution in [3.63, 3.8) is 0 Å². The molecule has 0 saturated carbocycles. The average molecular weight is 395 g/mol. The molecule has 3 rings (SSSR count). The Labute approximate surface area is 167 Å². The monoisotopic (exact) mass is 395 g/mol. The van der Waals surface area contributed by atoms with Gasteiger partial charge in [0, 0.05) is 30.8 Å². The second-order valence-electron chi connectivity index (χ2n) is 6.13. The highest BCUT2D eigenvalue weighted by Gasteiger charge is 2.09. The Morgan fingerprint density at radius 2 is 2.00 bits per heavy atom. The van der Waals surface area contributed by atoms with Gasteiger partial charge in [-0.25, -0.2) is 0 Å². The molecular weight excluding hydrogens is 374 g/mol. The molecule has 3 aromatic rings. The van der Waals surface area contributed by atoms with Gasteiger partial charge in [-0.05, 0) is 24.3 Å². The molecule has 8 nitrogen and oxygen atoms in total. The van der Waals surface area contributed by atoms with E-state index in [4.69, 9.17) is 13.9 Å². The number of amides is 1. The lowest BCUT2D eigenvalue weighted by atomic mass is 10.1. The Hall–Kier alpha value is -3.81. The Bertz CT molecular complexity index is 1050. The predicted molar refractivity (Wildman–Crippen MR) is 107 cm³/mol. The minimum Gasteiger partial charge on any atom is -0.493 e. The van der Waals surface area contributed by atoms with Crippen LogP contribution in [0.15, 0.2) is 53.1 Å². The van der Waals surface area contributed by atoms with Gasteiger partial charge in [0.1, 0.15) is 5.76 Å². The van der Waals surface area contributed by atoms with Gasteiger partial charge in [0.05, 0.1) is 20.8 Å². The van der Waals surface area contributed by atoms with Crippen molar-refractivity contribution in [2.45, 2.75) is 13.5 Å². The lowest BCUT2D eigenvalue weighted by Crippen LogP contribution is -2.09. The molecule has 0 spiro atoms. The molecular formula is C21H21N3O5. The fourth-order valence-corrected chi connectivity index (χ4v) is 2.70. The predicted octanol–water partition coefficient (Wildman–Crippen LogP) is 3.40. The molecule has 0 aliphatic heterocycles. The van der Waals surface area contributed by atoms with Gasteiger partial charge in [-0.15, -0.1) is 0 Å². The lowest BCUT2D eigenvalue weighted by molar-refractivity contribution is -0.111. The standard InChI is InChI=1S/C21H21N3O5/c1-14(25)17-9-8-16(29-17)13-24-12-11-19(23-24)22-20(26)10-7-15-5-4-6-18(27-2)21(15)28-3/h4-12H,13H2,1-3H3,(H,22,23,26)/b10-7-. The third kappa shape index (κ3) is 4.92. The van der Waals surface area contributed by atoms with Crippen LogP contribution in [-0.2, 0) is 11.3 Å². The summed E-state index contributed by atoms with van der Waals surface area (Å²) < 4.78 is 17.6. The topological polar surface area (TPSA) is 95.6 Å². The lowest BCUT2D eigenvalue weighted by Gasteiger charge is -2.09. The molecule has 2 aromatic heterocycles. The molecule has 1 aromatic carbocycles. The molecule has 0 fully saturated rings. The first-order valence-electron chi connectivity index (χ1n) is 8.83. The number of carbonyl (C=O) groups excluding carboxylic acids is 2. The summed E-state index contributed by atoms with van der Waals surface area (Å²) in [5.74, 6) is 1.96. The molecule has 0 radical (unpaired) electrons. The van der Waals surface area contributed by atoms with Crippen LogP contribution in [0.25, 0.3) is 6.08 Å². The van der Waals surface area contributed by atoms with Gasteiger partial charge < -0.3 is 19.2 Å². The average Bonchev–Trinajstić information content (AvgIpc) is 3.35. The van der Waals surface area contributed by atoms with E-state index in [2.05, 4.69) is 10.4 Å². The Morgan fingerprint density at radius 3 is 2.69 bits per heavy atom. The number of aromatic nitrogens is 2. The molecule has 0 aliphatic carbocycles. The molecule has 0 aliphatic rings. The number of carbonyl (C=O) groups is 2. The zero-order valence-electron chi connectivity index (χ0n) is 16.3. The maximum absolute atomic E-state index is 12.2. The number of furan rings is 1. The summed E-state index contributed by atoms with van der Waals surface area (Å²) in [7, 11) is 3.10. The Balaban J connectivity index is 1.63. The van der Waals surface area contributed by atoms with Crippen molar-refractivity contribution in [3.05, 3.63) is 65.8 Å². The fourth-order valence-electron chi connectivity index (χ4n) is 2.70. The van der Waals surface area contributed by atoms with Crippen molar-refractivity contribution in [2.75, 3.05) is 19.5 Å². The van der Waals surface area contributed by atoms with E-state index >= 15 is 0 Å². The molecule has 8 heteroatoms. The first kappa shape index (κ1) is 19.9. The fraction of sp³-hybridized carbons (Fsp3) is 0.190. The number of para-hydroxylation sites is 1. The summed E-state index contributed by atoms with van der Waals surface area (Å²) in [5, 5.41) is 6.97. The number of methoxy groups -OCH3 is 2. The van der Waals surface area contributed by atoms with E-state index in [-0.39, 0.29) is 11.7 Å². The van der Waals surface area contributed by atoms with Crippen LogP contribution in [0.5, 0.6) is 11.5 Å². The van der Waals surface area contributed by atoms with Gasteiger partial charge in [-0.1, -0.05) is 12.1 Å². The Kier molecular flexibility index (Phi) is 6.13. The highest BCUT2D eigenvalue weighted by molar-refractivity contribution is 6.01. The third-order valence-corrected chi connectivity index (χ3v) is 4.07. The summed E-state index contributed by atoms with van der Waals surface area (Å²) in [5.41, 5.74) is 0.714. The SMILES string of the molecule is COc1cccc(/C=C\C(=O)Nc2ccn(Cc3ccc(C(C)=O)o3)n2)c1OC. The smallest absolute Gasteiger partial charge is 0.249 e. The molecule has 0 unspecified atom stereocenters. The van der Waals surface area contributed by atoms with E-state index in [1.807, 2.05) is 12.1 Å². The molecule has 1 N–H and O–H groups in total. The normalized spacial score (nSPS) is 10.9. The minimum absolute atomic E-state index is 0.135. The second kappa shape index (κ2) is 8.92. The number of hydrogen-bond acceptors (Lipinski definition) is 6. The van der Waals surface area contributed by atoms with Crippen LogP contribution in [0, 0.1) is 0 Å². The quantitative estimate of drug-likeness (QED) is 0.464. The largest absolute Gasteiger partial charge is 0.493 e. The molecule has 29 heavy (non-hydrogen) atoms. The van der Waals surface area contributed by atoms with Crippen LogP contribution >= 0.6 is 0 Å². The number of rotatable bonds is 8. The van der Waals surface area contributed by atoms with E-state index in [0.717, 1.165) is 0 Å². The van der Waals surface area contributed by atoms with E-state index in [1.165, 1.54) is 13.0 Å². The van der Waals surface area contributed by atoms with Crippen molar-refractivity contribution in [3.8, 4) is 11.5 Å². The number of hydrogen-bond donors (Lipinski definition) is 1. The van der Waals surface area contributed by atoms with Crippen LogP contribution < -0.4 is 14.8 Å². The van der Waals surface area contributed by atoms with Crippen molar-refractivity contribution in [2.24, 2.45) is 0 Å². The number of ether oxygens (including phenoxy) is 2. The number of ketones is 1. The third-order valence-electron chi connectivity index (χ3n) is 4.07. The van der Waals surface area contributed by atoms with Gasteiger partial charge in [0.15, 0.2) is 28.9 Å². The summed E-state index contributed by atoms with van der Waals surface area (Å²) >= 11 is 0. The highest BCUT2D eigenvalue weighted by atomic mass is 16.5. The van der Waals surface area contributed by atoms with E-state index in [0.29, 0.717) is 40.9 Å². The number of benzene rings is 1. The van der Waals surface area contributed by atoms with Crippen molar-refractivity contribution in [1.82, 2.24) is 9.78 Å². The summed E-state index contributed by atoms with van der Waals surface area (Å²) in [6.07, 6.45) is 4.74. The van der Waals surface area contributed by atoms with Gasteiger partial charge in [-0.3, -0.25) is 14.3 Å². The molecule has 0 atom stereocenters.